The average molecular weight is 258 g/mol. The summed E-state index contributed by atoms with van der Waals surface area (Å²) < 4.78 is 4.96. The molecular weight excluding hydrogens is 236 g/mol. The van der Waals surface area contributed by atoms with Crippen molar-refractivity contribution < 1.29 is 19.4 Å². The molecule has 0 aliphatic heterocycles. The SMILES string of the molecule is C=CCCCN(C)C(=O)NCC(CC(=O)O)OC. The van der Waals surface area contributed by atoms with E-state index in [4.69, 9.17) is 9.84 Å². The highest BCUT2D eigenvalue weighted by Gasteiger charge is 2.14. The van der Waals surface area contributed by atoms with Crippen LogP contribution >= 0.6 is 0 Å². The Morgan fingerprint density at radius 2 is 2.22 bits per heavy atom. The quantitative estimate of drug-likeness (QED) is 0.479. The van der Waals surface area contributed by atoms with Crippen molar-refractivity contribution in [1.82, 2.24) is 10.2 Å². The first-order valence-corrected chi connectivity index (χ1v) is 5.85. The molecule has 104 valence electrons. The van der Waals surface area contributed by atoms with E-state index < -0.39 is 12.1 Å². The van der Waals surface area contributed by atoms with Crippen LogP contribution in [0.5, 0.6) is 0 Å². The summed E-state index contributed by atoms with van der Waals surface area (Å²) in [5.74, 6) is -0.949. The van der Waals surface area contributed by atoms with Gasteiger partial charge in [0.25, 0.3) is 0 Å². The van der Waals surface area contributed by atoms with Gasteiger partial charge < -0.3 is 20.1 Å². The van der Waals surface area contributed by atoms with E-state index >= 15 is 0 Å². The van der Waals surface area contributed by atoms with Gasteiger partial charge in [-0.2, -0.15) is 0 Å². The lowest BCUT2D eigenvalue weighted by atomic mass is 10.2. The van der Waals surface area contributed by atoms with Crippen LogP contribution in [0.3, 0.4) is 0 Å². The van der Waals surface area contributed by atoms with Gasteiger partial charge in [0.2, 0.25) is 0 Å². The summed E-state index contributed by atoms with van der Waals surface area (Å²) >= 11 is 0. The molecule has 0 saturated carbocycles. The molecule has 2 amide bonds. The highest BCUT2D eigenvalue weighted by molar-refractivity contribution is 5.74. The van der Waals surface area contributed by atoms with Gasteiger partial charge in [-0.15, -0.1) is 6.58 Å². The van der Waals surface area contributed by atoms with Crippen LogP contribution < -0.4 is 5.32 Å². The number of hydrogen-bond donors (Lipinski definition) is 2. The Bertz CT molecular complexity index is 281. The van der Waals surface area contributed by atoms with E-state index in [0.717, 1.165) is 12.8 Å². The van der Waals surface area contributed by atoms with Crippen LogP contribution in [-0.2, 0) is 9.53 Å². The Morgan fingerprint density at radius 3 is 2.72 bits per heavy atom. The Kier molecular flexibility index (Phi) is 8.65. The molecule has 0 aromatic carbocycles. The largest absolute Gasteiger partial charge is 0.481 e. The molecule has 0 spiro atoms. The highest BCUT2D eigenvalue weighted by atomic mass is 16.5. The fourth-order valence-electron chi connectivity index (χ4n) is 1.34. The van der Waals surface area contributed by atoms with Gasteiger partial charge in [0.05, 0.1) is 12.5 Å². The lowest BCUT2D eigenvalue weighted by molar-refractivity contribution is -0.139. The van der Waals surface area contributed by atoms with Gasteiger partial charge >= 0.3 is 12.0 Å². The van der Waals surface area contributed by atoms with Crippen LogP contribution in [0.2, 0.25) is 0 Å². The second-order valence-corrected chi connectivity index (χ2v) is 3.99. The van der Waals surface area contributed by atoms with Crippen molar-refractivity contribution >= 4 is 12.0 Å². The van der Waals surface area contributed by atoms with Crippen LogP contribution in [0.15, 0.2) is 12.7 Å². The number of amides is 2. The first-order chi connectivity index (χ1) is 8.51. The van der Waals surface area contributed by atoms with E-state index in [2.05, 4.69) is 11.9 Å². The molecule has 0 aromatic rings. The molecule has 0 fully saturated rings. The van der Waals surface area contributed by atoms with E-state index in [1.165, 1.54) is 7.11 Å². The molecule has 0 aliphatic carbocycles. The van der Waals surface area contributed by atoms with E-state index in [1.54, 1.807) is 18.0 Å². The Labute approximate surface area is 108 Å². The highest BCUT2D eigenvalue weighted by Crippen LogP contribution is 1.97. The zero-order valence-electron chi connectivity index (χ0n) is 11.0. The molecule has 0 radical (unpaired) electrons. The van der Waals surface area contributed by atoms with E-state index in [-0.39, 0.29) is 19.0 Å². The van der Waals surface area contributed by atoms with Crippen LogP contribution in [0, 0.1) is 0 Å². The number of rotatable bonds is 9. The number of allylic oxidation sites excluding steroid dienone is 1. The summed E-state index contributed by atoms with van der Waals surface area (Å²) in [6, 6.07) is -0.230. The minimum Gasteiger partial charge on any atom is -0.481 e. The van der Waals surface area contributed by atoms with Gasteiger partial charge in [-0.05, 0) is 12.8 Å². The normalized spacial score (nSPS) is 11.7. The maximum atomic E-state index is 11.6. The van der Waals surface area contributed by atoms with Gasteiger partial charge in [0, 0.05) is 27.2 Å². The number of hydrogen-bond acceptors (Lipinski definition) is 3. The van der Waals surface area contributed by atoms with Gasteiger partial charge in [-0.3, -0.25) is 4.79 Å². The summed E-state index contributed by atoms with van der Waals surface area (Å²) in [5.41, 5.74) is 0. The summed E-state index contributed by atoms with van der Waals surface area (Å²) in [5, 5.41) is 11.3. The van der Waals surface area contributed by atoms with Crippen molar-refractivity contribution in [2.45, 2.75) is 25.4 Å². The van der Waals surface area contributed by atoms with E-state index in [9.17, 15) is 9.59 Å². The summed E-state index contributed by atoms with van der Waals surface area (Å²) in [4.78, 5) is 23.7. The van der Waals surface area contributed by atoms with Gasteiger partial charge in [0.1, 0.15) is 0 Å². The molecule has 2 N–H and O–H groups in total. The maximum Gasteiger partial charge on any atom is 0.317 e. The average Bonchev–Trinajstić information content (AvgIpc) is 2.33. The van der Waals surface area contributed by atoms with Crippen molar-refractivity contribution in [2.24, 2.45) is 0 Å². The zero-order valence-corrected chi connectivity index (χ0v) is 11.0. The number of aliphatic carboxylic acids is 1. The smallest absolute Gasteiger partial charge is 0.317 e. The second kappa shape index (κ2) is 9.47. The fraction of sp³-hybridized carbons (Fsp3) is 0.667. The van der Waals surface area contributed by atoms with Crippen molar-refractivity contribution in [3.63, 3.8) is 0 Å². The van der Waals surface area contributed by atoms with Crippen LogP contribution in [0.1, 0.15) is 19.3 Å². The predicted molar refractivity (Wildman–Crippen MR) is 68.5 cm³/mol. The third-order valence-electron chi connectivity index (χ3n) is 2.47. The van der Waals surface area contributed by atoms with Crippen molar-refractivity contribution in [3.05, 3.63) is 12.7 Å². The molecule has 1 atom stereocenters. The third-order valence-corrected chi connectivity index (χ3v) is 2.47. The number of carbonyl (C=O) groups is 2. The lowest BCUT2D eigenvalue weighted by Gasteiger charge is -2.20. The summed E-state index contributed by atoms with van der Waals surface area (Å²) in [7, 11) is 3.12. The molecule has 0 aliphatic rings. The number of carbonyl (C=O) groups excluding carboxylic acids is 1. The standard InChI is InChI=1S/C12H22N2O4/c1-4-5-6-7-14(2)12(17)13-9-10(18-3)8-11(15)16/h4,10H,1,5-9H2,2-3H3,(H,13,17)(H,15,16). The van der Waals surface area contributed by atoms with Crippen LogP contribution in [0.25, 0.3) is 0 Å². The predicted octanol–water partition coefficient (Wildman–Crippen LogP) is 1.08. The number of carboxylic acids is 1. The van der Waals surface area contributed by atoms with Gasteiger partial charge in [-0.25, -0.2) is 4.79 Å². The topological polar surface area (TPSA) is 78.9 Å². The lowest BCUT2D eigenvalue weighted by Crippen LogP contribution is -2.42. The zero-order chi connectivity index (χ0) is 14.0. The van der Waals surface area contributed by atoms with Crippen molar-refractivity contribution in [2.75, 3.05) is 27.2 Å². The minimum atomic E-state index is -0.949. The first-order valence-electron chi connectivity index (χ1n) is 5.85. The molecule has 0 bridgehead atoms. The first kappa shape index (κ1) is 16.4. The molecule has 6 nitrogen and oxygen atoms in total. The molecule has 1 unspecified atom stereocenters. The van der Waals surface area contributed by atoms with Crippen molar-refractivity contribution in [1.29, 1.82) is 0 Å². The summed E-state index contributed by atoms with van der Waals surface area (Å²) in [6.45, 7) is 4.43. The third kappa shape index (κ3) is 7.67. The second-order valence-electron chi connectivity index (χ2n) is 3.99. The van der Waals surface area contributed by atoms with E-state index in [0.29, 0.717) is 6.54 Å². The van der Waals surface area contributed by atoms with Gasteiger partial charge in [0.15, 0.2) is 0 Å². The maximum absolute atomic E-state index is 11.6. The number of nitrogens with zero attached hydrogens (tertiary/aromatic N) is 1. The monoisotopic (exact) mass is 258 g/mol. The number of ether oxygens (including phenoxy) is 1. The number of carboxylic acid groups (broad SMARTS) is 1. The Balaban J connectivity index is 3.91. The molecule has 0 saturated heterocycles. The number of nitrogens with one attached hydrogen (secondary N) is 1. The van der Waals surface area contributed by atoms with E-state index in [1.807, 2.05) is 0 Å². The molecule has 0 heterocycles. The molecule has 18 heavy (non-hydrogen) atoms. The number of methoxy groups -OCH3 is 1. The van der Waals surface area contributed by atoms with Crippen molar-refractivity contribution in [3.8, 4) is 0 Å². The van der Waals surface area contributed by atoms with Crippen LogP contribution in [-0.4, -0.2) is 55.4 Å². The molecule has 0 rings (SSSR count). The Hall–Kier alpha value is -1.56. The number of urea groups is 1. The minimum absolute atomic E-state index is 0.128. The molecule has 0 aromatic heterocycles. The Morgan fingerprint density at radius 1 is 1.56 bits per heavy atom. The molecule has 6 heteroatoms. The van der Waals surface area contributed by atoms with Gasteiger partial charge in [-0.1, -0.05) is 6.08 Å². The van der Waals surface area contributed by atoms with Crippen LogP contribution in [0.4, 0.5) is 4.79 Å². The summed E-state index contributed by atoms with van der Waals surface area (Å²) in [6.07, 6.45) is 2.89. The molecular formula is C12H22N2O4. The number of unbranched alkanes of at least 4 members (excludes halogenated alkanes) is 1. The fourth-order valence-corrected chi connectivity index (χ4v) is 1.34.